The van der Waals surface area contributed by atoms with Crippen LogP contribution in [0.25, 0.3) is 0 Å². The summed E-state index contributed by atoms with van der Waals surface area (Å²) in [7, 11) is 0. The molecule has 1 amide bonds. The molecule has 23 heavy (non-hydrogen) atoms. The molecule has 3 rings (SSSR count). The van der Waals surface area contributed by atoms with Crippen LogP contribution in [0.15, 0.2) is 58.7 Å². The summed E-state index contributed by atoms with van der Waals surface area (Å²) >= 11 is 1.31. The molecule has 0 saturated carbocycles. The van der Waals surface area contributed by atoms with E-state index in [4.69, 9.17) is 4.74 Å². The van der Waals surface area contributed by atoms with Gasteiger partial charge in [-0.1, -0.05) is 23.9 Å². The van der Waals surface area contributed by atoms with E-state index in [1.54, 1.807) is 30.5 Å². The molecule has 0 radical (unpaired) electrons. The van der Waals surface area contributed by atoms with E-state index in [-0.39, 0.29) is 11.7 Å². The fourth-order valence-corrected chi connectivity index (χ4v) is 2.46. The summed E-state index contributed by atoms with van der Waals surface area (Å²) in [5.41, 5.74) is 0.795. The summed E-state index contributed by atoms with van der Waals surface area (Å²) < 4.78 is 18.5. The molecule has 0 atom stereocenters. The highest BCUT2D eigenvalue weighted by Gasteiger charge is 2.15. The zero-order chi connectivity index (χ0) is 16.1. The lowest BCUT2D eigenvalue weighted by Crippen LogP contribution is -2.19. The molecular weight excluding hydrogens is 317 g/mol. The zero-order valence-corrected chi connectivity index (χ0v) is 12.7. The molecule has 5 nitrogen and oxygen atoms in total. The predicted molar refractivity (Wildman–Crippen MR) is 88.5 cm³/mol. The van der Waals surface area contributed by atoms with Crippen molar-refractivity contribution in [3.05, 3.63) is 59.9 Å². The molecule has 1 saturated heterocycles. The van der Waals surface area contributed by atoms with Crippen LogP contribution < -0.4 is 10.1 Å². The van der Waals surface area contributed by atoms with Crippen molar-refractivity contribution in [3.63, 3.8) is 0 Å². The number of amides is 1. The first-order chi connectivity index (χ1) is 11.2. The smallest absolute Gasteiger partial charge is 0.236 e. The van der Waals surface area contributed by atoms with E-state index in [1.807, 2.05) is 12.1 Å². The maximum Gasteiger partial charge on any atom is 0.236 e. The van der Waals surface area contributed by atoms with Crippen molar-refractivity contribution in [1.82, 2.24) is 5.32 Å². The molecule has 1 aliphatic heterocycles. The van der Waals surface area contributed by atoms with Crippen LogP contribution in [0.3, 0.4) is 0 Å². The quantitative estimate of drug-likeness (QED) is 0.692. The molecule has 2 aromatic carbocycles. The van der Waals surface area contributed by atoms with Crippen molar-refractivity contribution in [1.29, 1.82) is 0 Å². The van der Waals surface area contributed by atoms with Crippen molar-refractivity contribution in [2.24, 2.45) is 10.2 Å². The molecule has 116 valence electrons. The first-order valence-electron chi connectivity index (χ1n) is 6.76. The number of hydrogen-bond donors (Lipinski definition) is 1. The topological polar surface area (TPSA) is 63.0 Å². The Hall–Kier alpha value is -2.67. The minimum absolute atomic E-state index is 0.0707. The Bertz CT molecular complexity index is 775. The Morgan fingerprint density at radius 3 is 2.74 bits per heavy atom. The third kappa shape index (κ3) is 4.40. The van der Waals surface area contributed by atoms with Crippen LogP contribution >= 0.6 is 11.8 Å². The average molecular weight is 329 g/mol. The van der Waals surface area contributed by atoms with Crippen molar-refractivity contribution in [2.45, 2.75) is 0 Å². The molecule has 1 fully saturated rings. The molecule has 2 aromatic rings. The highest BCUT2D eigenvalue weighted by molar-refractivity contribution is 8.15. The van der Waals surface area contributed by atoms with Gasteiger partial charge in [0, 0.05) is 0 Å². The van der Waals surface area contributed by atoms with E-state index < -0.39 is 0 Å². The maximum atomic E-state index is 12.9. The third-order valence-corrected chi connectivity index (χ3v) is 3.71. The van der Waals surface area contributed by atoms with Crippen LogP contribution in [-0.2, 0) is 4.79 Å². The van der Waals surface area contributed by atoms with Gasteiger partial charge in [-0.25, -0.2) is 4.39 Å². The van der Waals surface area contributed by atoms with Crippen LogP contribution in [0, 0.1) is 5.82 Å². The van der Waals surface area contributed by atoms with Crippen LogP contribution in [0.2, 0.25) is 0 Å². The van der Waals surface area contributed by atoms with Gasteiger partial charge in [-0.15, -0.1) is 5.10 Å². The molecule has 1 N–H and O–H groups in total. The predicted octanol–water partition coefficient (Wildman–Crippen LogP) is 3.17. The van der Waals surface area contributed by atoms with Crippen LogP contribution in [0.5, 0.6) is 11.5 Å². The summed E-state index contributed by atoms with van der Waals surface area (Å²) in [6.45, 7) is 0. The first-order valence-corrected chi connectivity index (χ1v) is 7.75. The molecule has 0 aliphatic carbocycles. The second-order valence-corrected chi connectivity index (χ2v) is 5.58. The van der Waals surface area contributed by atoms with Gasteiger partial charge in [0.2, 0.25) is 5.91 Å². The number of halogens is 1. The molecular formula is C16H12FN3O2S. The molecule has 1 aliphatic rings. The first kappa shape index (κ1) is 15.2. The van der Waals surface area contributed by atoms with Gasteiger partial charge < -0.3 is 10.1 Å². The van der Waals surface area contributed by atoms with E-state index in [9.17, 15) is 9.18 Å². The van der Waals surface area contributed by atoms with Gasteiger partial charge in [0.05, 0.1) is 12.0 Å². The molecule has 0 spiro atoms. The molecule has 0 aromatic heterocycles. The number of nitrogens with zero attached hydrogens (tertiary/aromatic N) is 2. The Morgan fingerprint density at radius 2 is 2.00 bits per heavy atom. The second-order valence-electron chi connectivity index (χ2n) is 4.62. The van der Waals surface area contributed by atoms with Crippen molar-refractivity contribution in [2.75, 3.05) is 5.75 Å². The highest BCUT2D eigenvalue weighted by Crippen LogP contribution is 2.22. The summed E-state index contributed by atoms with van der Waals surface area (Å²) in [5.74, 6) is 1.14. The number of benzene rings is 2. The Kier molecular flexibility index (Phi) is 4.68. The van der Waals surface area contributed by atoms with E-state index in [0.29, 0.717) is 22.4 Å². The van der Waals surface area contributed by atoms with Gasteiger partial charge in [-0.3, -0.25) is 4.79 Å². The number of carbonyl (C=O) groups excluding carboxylic acids is 1. The largest absolute Gasteiger partial charge is 0.457 e. The molecule has 0 bridgehead atoms. The Balaban J connectivity index is 1.67. The minimum Gasteiger partial charge on any atom is -0.457 e. The van der Waals surface area contributed by atoms with E-state index >= 15 is 0 Å². The number of thioether (sulfide) groups is 1. The average Bonchev–Trinajstić information content (AvgIpc) is 2.96. The van der Waals surface area contributed by atoms with Crippen molar-refractivity contribution < 1.29 is 13.9 Å². The summed E-state index contributed by atoms with van der Waals surface area (Å²) in [6, 6.07) is 13.0. The lowest BCUT2D eigenvalue weighted by atomic mass is 10.2. The van der Waals surface area contributed by atoms with Gasteiger partial charge in [0.1, 0.15) is 17.3 Å². The lowest BCUT2D eigenvalue weighted by Gasteiger charge is -2.05. The van der Waals surface area contributed by atoms with Crippen molar-refractivity contribution >= 4 is 29.1 Å². The summed E-state index contributed by atoms with van der Waals surface area (Å²) in [4.78, 5) is 11.0. The normalized spacial score (nSPS) is 16.0. The molecule has 7 heteroatoms. The summed E-state index contributed by atoms with van der Waals surface area (Å²) in [6.07, 6.45) is 1.57. The third-order valence-electron chi connectivity index (χ3n) is 2.85. The number of amidine groups is 1. The minimum atomic E-state index is -0.311. The summed E-state index contributed by atoms with van der Waals surface area (Å²) in [5, 5.41) is 11.0. The van der Waals surface area contributed by atoms with Crippen LogP contribution in [0.4, 0.5) is 4.39 Å². The monoisotopic (exact) mass is 329 g/mol. The Morgan fingerprint density at radius 1 is 1.17 bits per heavy atom. The maximum absolute atomic E-state index is 12.9. The molecule has 1 heterocycles. The number of ether oxygens (including phenoxy) is 1. The second kappa shape index (κ2) is 7.06. The number of hydrogen-bond acceptors (Lipinski definition) is 5. The SMILES string of the molecule is O=C1CSC(=NN=Cc2cccc(Oc3ccc(F)cc3)c2)N1. The lowest BCUT2D eigenvalue weighted by molar-refractivity contribution is -0.116. The number of carbonyl (C=O) groups is 1. The van der Waals surface area contributed by atoms with Gasteiger partial charge in [0.15, 0.2) is 5.17 Å². The highest BCUT2D eigenvalue weighted by atomic mass is 32.2. The van der Waals surface area contributed by atoms with Gasteiger partial charge in [0.25, 0.3) is 0 Å². The fraction of sp³-hybridized carbons (Fsp3) is 0.0625. The number of rotatable bonds is 4. The van der Waals surface area contributed by atoms with E-state index in [1.165, 1.54) is 23.9 Å². The number of nitrogens with one attached hydrogen (secondary N) is 1. The van der Waals surface area contributed by atoms with Gasteiger partial charge in [-0.05, 0) is 42.0 Å². The van der Waals surface area contributed by atoms with E-state index in [2.05, 4.69) is 15.5 Å². The Labute approximate surface area is 136 Å². The van der Waals surface area contributed by atoms with Gasteiger partial charge in [-0.2, -0.15) is 5.10 Å². The zero-order valence-electron chi connectivity index (χ0n) is 11.9. The van der Waals surface area contributed by atoms with Crippen LogP contribution in [-0.4, -0.2) is 23.0 Å². The standard InChI is InChI=1S/C16H12FN3O2S/c17-12-4-6-13(7-5-12)22-14-3-1-2-11(8-14)9-18-20-16-19-15(21)10-23-16/h1-9H,10H2,(H,19,20,21). The van der Waals surface area contributed by atoms with E-state index in [0.717, 1.165) is 5.56 Å². The van der Waals surface area contributed by atoms with Crippen LogP contribution in [0.1, 0.15) is 5.56 Å². The van der Waals surface area contributed by atoms with Gasteiger partial charge >= 0.3 is 0 Å². The fourth-order valence-electron chi connectivity index (χ4n) is 1.82. The van der Waals surface area contributed by atoms with Crippen molar-refractivity contribution in [3.8, 4) is 11.5 Å². The molecule has 0 unspecified atom stereocenters.